The number of piperidine rings is 1. The molecule has 2 aliphatic heterocycles. The number of fused-ring (bicyclic) bond motifs is 1. The molecule has 0 saturated carbocycles. The lowest BCUT2D eigenvalue weighted by atomic mass is 9.97. The van der Waals surface area contributed by atoms with Gasteiger partial charge < -0.3 is 14.8 Å². The van der Waals surface area contributed by atoms with E-state index in [0.29, 0.717) is 18.5 Å². The van der Waals surface area contributed by atoms with E-state index >= 15 is 0 Å². The predicted molar refractivity (Wildman–Crippen MR) is 104 cm³/mol. The summed E-state index contributed by atoms with van der Waals surface area (Å²) in [6, 6.07) is 10.6. The number of alkyl halides is 2. The molecule has 10 heteroatoms. The van der Waals surface area contributed by atoms with Crippen molar-refractivity contribution < 1.29 is 31.5 Å². The number of sulfonamides is 1. The molecule has 1 amide bonds. The van der Waals surface area contributed by atoms with E-state index in [1.165, 1.54) is 22.5 Å². The quantitative estimate of drug-likeness (QED) is 0.791. The molecule has 2 heterocycles. The summed E-state index contributed by atoms with van der Waals surface area (Å²) >= 11 is 0. The first-order valence-corrected chi connectivity index (χ1v) is 10.9. The van der Waals surface area contributed by atoms with E-state index < -0.39 is 16.3 Å². The van der Waals surface area contributed by atoms with Gasteiger partial charge in [-0.3, -0.25) is 4.79 Å². The van der Waals surface area contributed by atoms with Crippen LogP contribution < -0.4 is 14.8 Å². The van der Waals surface area contributed by atoms with Crippen LogP contribution in [0.2, 0.25) is 0 Å². The Morgan fingerprint density at radius 1 is 1.07 bits per heavy atom. The van der Waals surface area contributed by atoms with Gasteiger partial charge in [0.25, 0.3) is 0 Å². The van der Waals surface area contributed by atoms with E-state index in [1.54, 1.807) is 24.3 Å². The number of halogens is 2. The summed E-state index contributed by atoms with van der Waals surface area (Å²) in [7, 11) is -3.60. The highest BCUT2D eigenvalue weighted by Crippen LogP contribution is 2.42. The van der Waals surface area contributed by atoms with Crippen LogP contribution in [0, 0.1) is 12.8 Å². The van der Waals surface area contributed by atoms with Crippen LogP contribution in [0.4, 0.5) is 14.5 Å². The van der Waals surface area contributed by atoms with Gasteiger partial charge in [0, 0.05) is 30.8 Å². The van der Waals surface area contributed by atoms with Crippen molar-refractivity contribution in [3.63, 3.8) is 0 Å². The summed E-state index contributed by atoms with van der Waals surface area (Å²) in [4.78, 5) is 12.8. The van der Waals surface area contributed by atoms with Crippen molar-refractivity contribution in [1.29, 1.82) is 0 Å². The fourth-order valence-electron chi connectivity index (χ4n) is 3.49. The summed E-state index contributed by atoms with van der Waals surface area (Å²) in [5.74, 6) is -0.946. The Bertz CT molecular complexity index is 1070. The van der Waals surface area contributed by atoms with Gasteiger partial charge >= 0.3 is 6.29 Å². The Morgan fingerprint density at radius 2 is 1.70 bits per heavy atom. The topological polar surface area (TPSA) is 84.9 Å². The zero-order chi connectivity index (χ0) is 21.5. The lowest BCUT2D eigenvalue weighted by Crippen LogP contribution is -2.41. The van der Waals surface area contributed by atoms with Gasteiger partial charge in [-0.25, -0.2) is 8.42 Å². The number of hydrogen-bond donors (Lipinski definition) is 1. The van der Waals surface area contributed by atoms with Gasteiger partial charge in [-0.05, 0) is 44.0 Å². The van der Waals surface area contributed by atoms with Crippen molar-refractivity contribution in [2.75, 3.05) is 18.4 Å². The van der Waals surface area contributed by atoms with Crippen molar-refractivity contribution in [2.45, 2.75) is 31.0 Å². The molecule has 1 saturated heterocycles. The normalized spacial score (nSPS) is 18.9. The maximum Gasteiger partial charge on any atom is 0.586 e. The van der Waals surface area contributed by atoms with E-state index in [1.807, 2.05) is 6.92 Å². The first kappa shape index (κ1) is 20.5. The van der Waals surface area contributed by atoms with Crippen LogP contribution in [0.3, 0.4) is 0 Å². The molecule has 7 nitrogen and oxygen atoms in total. The van der Waals surface area contributed by atoms with Gasteiger partial charge in [0.1, 0.15) is 0 Å². The van der Waals surface area contributed by atoms with Gasteiger partial charge in [0.2, 0.25) is 15.9 Å². The minimum absolute atomic E-state index is 0.104. The minimum atomic E-state index is -3.72. The van der Waals surface area contributed by atoms with E-state index in [2.05, 4.69) is 14.8 Å². The van der Waals surface area contributed by atoms with Crippen molar-refractivity contribution in [3.05, 3.63) is 48.0 Å². The maximum absolute atomic E-state index is 13.1. The summed E-state index contributed by atoms with van der Waals surface area (Å²) < 4.78 is 61.8. The highest BCUT2D eigenvalue weighted by molar-refractivity contribution is 7.89. The second kappa shape index (κ2) is 7.51. The Hall–Kier alpha value is -2.72. The highest BCUT2D eigenvalue weighted by atomic mass is 32.2. The molecule has 0 atom stereocenters. The summed E-state index contributed by atoms with van der Waals surface area (Å²) in [6.45, 7) is 2.33. The Kier molecular flexibility index (Phi) is 5.15. The Morgan fingerprint density at radius 3 is 2.37 bits per heavy atom. The van der Waals surface area contributed by atoms with Gasteiger partial charge in [0.05, 0.1) is 4.90 Å². The second-order valence-corrected chi connectivity index (χ2v) is 9.25. The molecule has 0 aliphatic carbocycles. The molecule has 0 spiro atoms. The highest BCUT2D eigenvalue weighted by Gasteiger charge is 2.43. The first-order chi connectivity index (χ1) is 14.1. The number of nitrogens with zero attached hydrogens (tertiary/aromatic N) is 1. The number of carbonyl (C=O) groups is 1. The number of rotatable bonds is 4. The third kappa shape index (κ3) is 4.10. The summed E-state index contributed by atoms with van der Waals surface area (Å²) in [5, 5.41) is 2.67. The van der Waals surface area contributed by atoms with Crippen molar-refractivity contribution >= 4 is 21.6 Å². The SMILES string of the molecule is Cc1ccc(S(=O)(=O)N2CCC(C(=O)Nc3ccc4c(c3)OC(F)(F)O4)CC2)cc1. The van der Waals surface area contributed by atoms with Gasteiger partial charge in [-0.2, -0.15) is 4.31 Å². The van der Waals surface area contributed by atoms with E-state index in [4.69, 9.17) is 0 Å². The monoisotopic (exact) mass is 438 g/mol. The number of aryl methyl sites for hydroxylation is 1. The zero-order valence-electron chi connectivity index (χ0n) is 16.1. The molecule has 2 aromatic rings. The van der Waals surface area contributed by atoms with Crippen LogP contribution in [0.25, 0.3) is 0 Å². The smallest absolute Gasteiger partial charge is 0.395 e. The fourth-order valence-corrected chi connectivity index (χ4v) is 4.96. The van der Waals surface area contributed by atoms with Crippen LogP contribution in [-0.4, -0.2) is 38.0 Å². The number of benzene rings is 2. The third-order valence-corrected chi connectivity index (χ3v) is 7.07. The number of ether oxygens (including phenoxy) is 2. The van der Waals surface area contributed by atoms with Gasteiger partial charge in [-0.15, -0.1) is 8.78 Å². The molecule has 0 aromatic heterocycles. The molecular formula is C20H20F2N2O5S. The predicted octanol–water partition coefficient (Wildman–Crippen LogP) is 3.36. The molecular weight excluding hydrogens is 418 g/mol. The summed E-state index contributed by atoms with van der Waals surface area (Å²) in [6.07, 6.45) is -3.00. The van der Waals surface area contributed by atoms with E-state index in [9.17, 15) is 22.0 Å². The van der Waals surface area contributed by atoms with Crippen LogP contribution >= 0.6 is 0 Å². The minimum Gasteiger partial charge on any atom is -0.395 e. The van der Waals surface area contributed by atoms with Crippen LogP contribution in [0.1, 0.15) is 18.4 Å². The Balaban J connectivity index is 1.37. The molecule has 160 valence electrons. The number of carbonyl (C=O) groups excluding carboxylic acids is 1. The molecule has 0 unspecified atom stereocenters. The van der Waals surface area contributed by atoms with Gasteiger partial charge in [0.15, 0.2) is 11.5 Å². The maximum atomic E-state index is 13.1. The average molecular weight is 438 g/mol. The molecule has 4 rings (SSSR count). The van der Waals surface area contributed by atoms with E-state index in [0.717, 1.165) is 5.56 Å². The number of amides is 1. The largest absolute Gasteiger partial charge is 0.586 e. The lowest BCUT2D eigenvalue weighted by molar-refractivity contribution is -0.286. The third-order valence-electron chi connectivity index (χ3n) is 5.15. The molecule has 2 aromatic carbocycles. The van der Waals surface area contributed by atoms with Crippen LogP contribution in [-0.2, 0) is 14.8 Å². The zero-order valence-corrected chi connectivity index (χ0v) is 16.9. The second-order valence-electron chi connectivity index (χ2n) is 7.31. The first-order valence-electron chi connectivity index (χ1n) is 9.42. The molecule has 0 radical (unpaired) electrons. The van der Waals surface area contributed by atoms with Crippen molar-refractivity contribution in [1.82, 2.24) is 4.31 Å². The number of nitrogens with one attached hydrogen (secondary N) is 1. The van der Waals surface area contributed by atoms with Crippen LogP contribution in [0.5, 0.6) is 11.5 Å². The number of anilines is 1. The van der Waals surface area contributed by atoms with E-state index in [-0.39, 0.29) is 41.3 Å². The summed E-state index contributed by atoms with van der Waals surface area (Å²) in [5.41, 5.74) is 1.27. The number of hydrogen-bond acceptors (Lipinski definition) is 5. The van der Waals surface area contributed by atoms with Crippen LogP contribution in [0.15, 0.2) is 47.4 Å². The lowest BCUT2D eigenvalue weighted by Gasteiger charge is -2.30. The fraction of sp³-hybridized carbons (Fsp3) is 0.350. The molecule has 2 aliphatic rings. The molecule has 30 heavy (non-hydrogen) atoms. The standard InChI is InChI=1S/C20H20F2N2O5S/c1-13-2-5-16(6-3-13)30(26,27)24-10-8-14(9-11-24)19(25)23-15-4-7-17-18(12-15)29-20(21,22)28-17/h2-7,12,14H,8-11H2,1H3,(H,23,25). The van der Waals surface area contributed by atoms with Gasteiger partial charge in [-0.1, -0.05) is 17.7 Å². The molecule has 1 fully saturated rings. The average Bonchev–Trinajstić information content (AvgIpc) is 3.01. The van der Waals surface area contributed by atoms with Crippen molar-refractivity contribution in [3.8, 4) is 11.5 Å². The Labute approximate surface area is 172 Å². The molecule has 1 N–H and O–H groups in total. The molecule has 0 bridgehead atoms. The van der Waals surface area contributed by atoms with Crippen molar-refractivity contribution in [2.24, 2.45) is 5.92 Å².